The van der Waals surface area contributed by atoms with Crippen molar-refractivity contribution in [3.63, 3.8) is 0 Å². The molecule has 1 aliphatic carbocycles. The first-order valence-electron chi connectivity index (χ1n) is 6.74. The molecule has 0 aromatic carbocycles. The molecule has 1 N–H and O–H groups in total. The molecule has 96 valence electrons. The molecule has 3 heteroatoms. The summed E-state index contributed by atoms with van der Waals surface area (Å²) in [6, 6.07) is 0. The second kappa shape index (κ2) is 5.86. The predicted octanol–water partition coefficient (Wildman–Crippen LogP) is 1.41. The van der Waals surface area contributed by atoms with E-state index in [2.05, 4.69) is 10.8 Å². The Bertz CT molecular complexity index is 272. The van der Waals surface area contributed by atoms with Gasteiger partial charge in [0.15, 0.2) is 0 Å². The van der Waals surface area contributed by atoms with E-state index in [-0.39, 0.29) is 11.6 Å². The van der Waals surface area contributed by atoms with E-state index in [1.165, 1.54) is 12.8 Å². The van der Waals surface area contributed by atoms with Crippen LogP contribution in [-0.4, -0.2) is 48.0 Å². The largest absolute Gasteiger partial charge is 0.391 e. The van der Waals surface area contributed by atoms with E-state index in [9.17, 15) is 5.11 Å². The number of ether oxygens (including phenoxy) is 1. The topological polar surface area (TPSA) is 32.7 Å². The van der Waals surface area contributed by atoms with Crippen LogP contribution >= 0.6 is 0 Å². The molecule has 1 heterocycles. The fourth-order valence-electron chi connectivity index (χ4n) is 3.34. The molecule has 2 aliphatic rings. The highest BCUT2D eigenvalue weighted by Gasteiger charge is 2.45. The molecule has 0 aromatic heterocycles. The van der Waals surface area contributed by atoms with Gasteiger partial charge in [-0.05, 0) is 19.3 Å². The maximum atomic E-state index is 10.5. The molecule has 0 amide bonds. The third-order valence-electron chi connectivity index (χ3n) is 4.29. The summed E-state index contributed by atoms with van der Waals surface area (Å²) in [7, 11) is 0. The zero-order valence-electron chi connectivity index (χ0n) is 10.5. The Hall–Kier alpha value is -0.560. The lowest BCUT2D eigenvalue weighted by molar-refractivity contribution is -0.0774. The van der Waals surface area contributed by atoms with Crippen LogP contribution < -0.4 is 0 Å². The van der Waals surface area contributed by atoms with Crippen LogP contribution in [0.4, 0.5) is 0 Å². The van der Waals surface area contributed by atoms with Crippen molar-refractivity contribution in [3.8, 4) is 12.3 Å². The molecular weight excluding hydrogens is 214 g/mol. The third-order valence-corrected chi connectivity index (χ3v) is 4.29. The van der Waals surface area contributed by atoms with Crippen LogP contribution in [0.2, 0.25) is 0 Å². The van der Waals surface area contributed by atoms with Crippen molar-refractivity contribution in [2.24, 2.45) is 0 Å². The van der Waals surface area contributed by atoms with Gasteiger partial charge in [0.05, 0.1) is 19.3 Å². The van der Waals surface area contributed by atoms with Gasteiger partial charge >= 0.3 is 0 Å². The monoisotopic (exact) mass is 237 g/mol. The summed E-state index contributed by atoms with van der Waals surface area (Å²) in [5.41, 5.74) is -0.0133. The standard InChI is InChI=1S/C14H23NO2/c1-2-3-6-13(16)14(7-4-5-8-14)15-9-11-17-12-10-15/h1,13,16H,3-12H2. The first kappa shape index (κ1) is 12.9. The van der Waals surface area contributed by atoms with Gasteiger partial charge in [-0.25, -0.2) is 0 Å². The minimum absolute atomic E-state index is 0.0133. The van der Waals surface area contributed by atoms with Crippen LogP contribution in [0.1, 0.15) is 38.5 Å². The minimum Gasteiger partial charge on any atom is -0.391 e. The Morgan fingerprint density at radius 1 is 1.29 bits per heavy atom. The van der Waals surface area contributed by atoms with Gasteiger partial charge in [-0.15, -0.1) is 12.3 Å². The second-order valence-corrected chi connectivity index (χ2v) is 5.17. The number of aliphatic hydroxyl groups is 1. The zero-order chi connectivity index (χ0) is 12.1. The lowest BCUT2D eigenvalue weighted by Crippen LogP contribution is -2.58. The molecule has 1 atom stereocenters. The number of rotatable bonds is 4. The van der Waals surface area contributed by atoms with Gasteiger partial charge < -0.3 is 9.84 Å². The zero-order valence-corrected chi connectivity index (χ0v) is 10.5. The molecule has 2 fully saturated rings. The first-order chi connectivity index (χ1) is 8.29. The van der Waals surface area contributed by atoms with Crippen LogP contribution in [0, 0.1) is 12.3 Å². The van der Waals surface area contributed by atoms with Crippen molar-refractivity contribution in [3.05, 3.63) is 0 Å². The molecule has 3 nitrogen and oxygen atoms in total. The number of nitrogens with zero attached hydrogens (tertiary/aromatic N) is 1. The van der Waals surface area contributed by atoms with Crippen molar-refractivity contribution in [1.29, 1.82) is 0 Å². The molecule has 1 saturated carbocycles. The quantitative estimate of drug-likeness (QED) is 0.750. The van der Waals surface area contributed by atoms with Gasteiger partial charge in [0.1, 0.15) is 0 Å². The van der Waals surface area contributed by atoms with Gasteiger partial charge in [-0.2, -0.15) is 0 Å². The van der Waals surface area contributed by atoms with Crippen LogP contribution in [0.25, 0.3) is 0 Å². The number of hydrogen-bond donors (Lipinski definition) is 1. The summed E-state index contributed by atoms with van der Waals surface area (Å²) < 4.78 is 5.41. The molecule has 0 spiro atoms. The molecule has 1 saturated heterocycles. The Kier molecular flexibility index (Phi) is 4.44. The molecule has 1 aliphatic heterocycles. The van der Waals surface area contributed by atoms with E-state index in [4.69, 9.17) is 11.2 Å². The summed E-state index contributed by atoms with van der Waals surface area (Å²) >= 11 is 0. The lowest BCUT2D eigenvalue weighted by Gasteiger charge is -2.46. The van der Waals surface area contributed by atoms with Crippen molar-refractivity contribution < 1.29 is 9.84 Å². The molecule has 2 rings (SSSR count). The maximum Gasteiger partial charge on any atom is 0.0732 e. The summed E-state index contributed by atoms with van der Waals surface area (Å²) in [5, 5.41) is 10.5. The smallest absolute Gasteiger partial charge is 0.0732 e. The SMILES string of the molecule is C#CCCC(O)C1(N2CCOCC2)CCCC1. The van der Waals surface area contributed by atoms with Gasteiger partial charge in [-0.1, -0.05) is 12.8 Å². The number of morpholine rings is 1. The van der Waals surface area contributed by atoms with Crippen molar-refractivity contribution >= 4 is 0 Å². The number of hydrogen-bond acceptors (Lipinski definition) is 3. The molecule has 17 heavy (non-hydrogen) atoms. The molecule has 0 bridgehead atoms. The van der Waals surface area contributed by atoms with Crippen molar-refractivity contribution in [1.82, 2.24) is 4.90 Å². The molecule has 0 aromatic rings. The second-order valence-electron chi connectivity index (χ2n) is 5.17. The van der Waals surface area contributed by atoms with E-state index in [0.29, 0.717) is 6.42 Å². The lowest BCUT2D eigenvalue weighted by atomic mass is 9.85. The van der Waals surface area contributed by atoms with E-state index in [0.717, 1.165) is 45.6 Å². The Morgan fingerprint density at radius 2 is 1.94 bits per heavy atom. The van der Waals surface area contributed by atoms with E-state index in [1.807, 2.05) is 0 Å². The fourth-order valence-corrected chi connectivity index (χ4v) is 3.34. The minimum atomic E-state index is -0.279. The summed E-state index contributed by atoms with van der Waals surface area (Å²) in [6.45, 7) is 3.49. The summed E-state index contributed by atoms with van der Waals surface area (Å²) in [6.07, 6.45) is 11.1. The van der Waals surface area contributed by atoms with Crippen molar-refractivity contribution in [2.75, 3.05) is 26.3 Å². The molecular formula is C14H23NO2. The van der Waals surface area contributed by atoms with E-state index >= 15 is 0 Å². The van der Waals surface area contributed by atoms with Gasteiger partial charge in [0.25, 0.3) is 0 Å². The predicted molar refractivity (Wildman–Crippen MR) is 67.7 cm³/mol. The highest BCUT2D eigenvalue weighted by atomic mass is 16.5. The van der Waals surface area contributed by atoms with Gasteiger partial charge in [0.2, 0.25) is 0 Å². The van der Waals surface area contributed by atoms with Crippen molar-refractivity contribution in [2.45, 2.75) is 50.2 Å². The van der Waals surface area contributed by atoms with Gasteiger partial charge in [-0.3, -0.25) is 4.90 Å². The van der Waals surface area contributed by atoms with Crippen LogP contribution in [0.5, 0.6) is 0 Å². The van der Waals surface area contributed by atoms with Gasteiger partial charge in [0, 0.05) is 25.0 Å². The highest BCUT2D eigenvalue weighted by Crippen LogP contribution is 2.39. The normalized spacial score (nSPS) is 26.6. The molecule has 0 radical (unpaired) electrons. The maximum absolute atomic E-state index is 10.5. The van der Waals surface area contributed by atoms with Crippen LogP contribution in [-0.2, 0) is 4.74 Å². The molecule has 1 unspecified atom stereocenters. The number of aliphatic hydroxyl groups excluding tert-OH is 1. The summed E-state index contributed by atoms with van der Waals surface area (Å²) in [5.74, 6) is 2.64. The Labute approximate surface area is 104 Å². The Balaban J connectivity index is 2.05. The van der Waals surface area contributed by atoms with E-state index in [1.54, 1.807) is 0 Å². The third kappa shape index (κ3) is 2.65. The first-order valence-corrected chi connectivity index (χ1v) is 6.74. The number of terminal acetylenes is 1. The van der Waals surface area contributed by atoms with E-state index < -0.39 is 0 Å². The van der Waals surface area contributed by atoms with Crippen LogP contribution in [0.15, 0.2) is 0 Å². The average molecular weight is 237 g/mol. The van der Waals surface area contributed by atoms with Crippen LogP contribution in [0.3, 0.4) is 0 Å². The Morgan fingerprint density at radius 3 is 2.53 bits per heavy atom. The fraction of sp³-hybridized carbons (Fsp3) is 0.857. The average Bonchev–Trinajstić information content (AvgIpc) is 2.87. The summed E-state index contributed by atoms with van der Waals surface area (Å²) in [4.78, 5) is 2.45. The highest BCUT2D eigenvalue weighted by molar-refractivity contribution is 5.02.